The number of alkyl halides is 2. The summed E-state index contributed by atoms with van der Waals surface area (Å²) in [6.07, 6.45) is 5.47. The quantitative estimate of drug-likeness (QED) is 0.920. The van der Waals surface area contributed by atoms with Crippen LogP contribution < -0.4 is 10.2 Å². The Balaban J connectivity index is 1.49. The van der Waals surface area contributed by atoms with E-state index in [2.05, 4.69) is 20.2 Å². The first-order valence-corrected chi connectivity index (χ1v) is 7.75. The Hall–Kier alpha value is -2.02. The second-order valence-corrected chi connectivity index (χ2v) is 6.35. The van der Waals surface area contributed by atoms with E-state index in [-0.39, 0.29) is 6.17 Å². The normalized spacial score (nSPS) is 31.1. The lowest BCUT2D eigenvalue weighted by molar-refractivity contribution is 0.0797. The van der Waals surface area contributed by atoms with E-state index in [1.807, 2.05) is 37.3 Å². The zero-order valence-electron chi connectivity index (χ0n) is 13.1. The van der Waals surface area contributed by atoms with E-state index in [0.29, 0.717) is 13.1 Å². The average molecular weight is 319 g/mol. The molecular weight excluding hydrogens is 300 g/mol. The second-order valence-electron chi connectivity index (χ2n) is 6.35. The molecule has 1 aromatic heterocycles. The molecule has 1 aliphatic carbocycles. The van der Waals surface area contributed by atoms with Gasteiger partial charge in [0, 0.05) is 38.1 Å². The van der Waals surface area contributed by atoms with Crippen molar-refractivity contribution < 1.29 is 8.78 Å². The molecule has 1 aromatic rings. The Labute approximate surface area is 133 Å². The molecule has 1 N–H and O–H groups in total. The van der Waals surface area contributed by atoms with Crippen LogP contribution in [-0.2, 0) is 0 Å². The first-order valence-electron chi connectivity index (χ1n) is 7.75. The molecule has 0 radical (unpaired) electrons. The number of rotatable bonds is 3. The molecule has 0 aromatic carbocycles. The highest BCUT2D eigenvalue weighted by Gasteiger charge is 2.71. The number of hydrogen-bond donors (Lipinski definition) is 1. The number of nitrogens with one attached hydrogen (secondary N) is 1. The highest BCUT2D eigenvalue weighted by molar-refractivity contribution is 5.76. The predicted octanol–water partition coefficient (Wildman–Crippen LogP) is 1.64. The Morgan fingerprint density at radius 1 is 1.26 bits per heavy atom. The van der Waals surface area contributed by atoms with Gasteiger partial charge in [-0.3, -0.25) is 10.3 Å². The Morgan fingerprint density at radius 2 is 2.00 bits per heavy atom. The minimum atomic E-state index is -2.45. The first kappa shape index (κ1) is 14.6. The van der Waals surface area contributed by atoms with E-state index in [1.165, 1.54) is 0 Å². The SMILES string of the molecule is CNC1C=NC=C(c2ccc(N3CC4C(C3)C4(F)F)nc2)N1C. The van der Waals surface area contributed by atoms with Gasteiger partial charge in [-0.2, -0.15) is 0 Å². The van der Waals surface area contributed by atoms with Crippen LogP contribution in [0.4, 0.5) is 14.6 Å². The lowest BCUT2D eigenvalue weighted by Gasteiger charge is -2.31. The van der Waals surface area contributed by atoms with Crippen molar-refractivity contribution >= 4 is 17.7 Å². The summed E-state index contributed by atoms with van der Waals surface area (Å²) in [5.74, 6) is -2.65. The number of nitrogens with zero attached hydrogens (tertiary/aromatic N) is 4. The van der Waals surface area contributed by atoms with Crippen LogP contribution in [-0.4, -0.2) is 55.4 Å². The average Bonchev–Trinajstić information content (AvgIpc) is 2.93. The monoisotopic (exact) mass is 319 g/mol. The molecule has 4 rings (SSSR count). The minimum Gasteiger partial charge on any atom is -0.356 e. The molecule has 3 heterocycles. The minimum absolute atomic E-state index is 0.0441. The molecule has 7 heteroatoms. The van der Waals surface area contributed by atoms with Gasteiger partial charge < -0.3 is 9.80 Å². The van der Waals surface area contributed by atoms with Crippen LogP contribution in [0.2, 0.25) is 0 Å². The molecular formula is C16H19F2N5. The van der Waals surface area contributed by atoms with Crippen molar-refractivity contribution in [2.24, 2.45) is 16.8 Å². The highest BCUT2D eigenvalue weighted by Crippen LogP contribution is 2.59. The molecule has 5 nitrogen and oxygen atoms in total. The van der Waals surface area contributed by atoms with Gasteiger partial charge >= 0.3 is 0 Å². The van der Waals surface area contributed by atoms with Crippen LogP contribution in [0, 0.1) is 11.8 Å². The van der Waals surface area contributed by atoms with Crippen LogP contribution in [0.1, 0.15) is 5.56 Å². The van der Waals surface area contributed by atoms with E-state index in [9.17, 15) is 8.78 Å². The number of piperidine rings is 1. The molecule has 0 bridgehead atoms. The maximum atomic E-state index is 13.3. The van der Waals surface area contributed by atoms with Crippen molar-refractivity contribution in [1.82, 2.24) is 15.2 Å². The standard InChI is InChI=1S/C16H19F2N5/c1-19-15-7-20-6-13(22(15)2)10-3-4-14(21-5-10)23-8-11-12(9-23)16(11,17)18/h3-7,11-12,15,19H,8-9H2,1-2H3. The summed E-state index contributed by atoms with van der Waals surface area (Å²) >= 11 is 0. The number of aliphatic imine (C=N–C) groups is 1. The lowest BCUT2D eigenvalue weighted by atomic mass is 10.1. The van der Waals surface area contributed by atoms with Crippen molar-refractivity contribution in [3.63, 3.8) is 0 Å². The fourth-order valence-electron chi connectivity index (χ4n) is 3.50. The fourth-order valence-corrected chi connectivity index (χ4v) is 3.50. The summed E-state index contributed by atoms with van der Waals surface area (Å²) in [6, 6.07) is 3.87. The molecule has 0 amide bonds. The van der Waals surface area contributed by atoms with Crippen LogP contribution >= 0.6 is 0 Å². The van der Waals surface area contributed by atoms with Gasteiger partial charge in [0.25, 0.3) is 5.92 Å². The van der Waals surface area contributed by atoms with Crippen molar-refractivity contribution in [1.29, 1.82) is 0 Å². The molecule has 1 saturated carbocycles. The summed E-state index contributed by atoms with van der Waals surface area (Å²) in [5.41, 5.74) is 1.93. The van der Waals surface area contributed by atoms with Crippen molar-refractivity contribution in [2.75, 3.05) is 32.1 Å². The Morgan fingerprint density at radius 3 is 2.61 bits per heavy atom. The predicted molar refractivity (Wildman–Crippen MR) is 85.5 cm³/mol. The van der Waals surface area contributed by atoms with Gasteiger partial charge in [0.05, 0.1) is 23.7 Å². The number of hydrogen-bond acceptors (Lipinski definition) is 5. The lowest BCUT2D eigenvalue weighted by Crippen LogP contribution is -2.43. The van der Waals surface area contributed by atoms with Crippen LogP contribution in [0.3, 0.4) is 0 Å². The van der Waals surface area contributed by atoms with E-state index in [1.54, 1.807) is 12.4 Å². The third-order valence-electron chi connectivity index (χ3n) is 5.08. The Bertz CT molecular complexity index is 656. The second kappa shape index (κ2) is 4.99. The van der Waals surface area contributed by atoms with Gasteiger partial charge in [-0.05, 0) is 19.2 Å². The van der Waals surface area contributed by atoms with E-state index in [0.717, 1.165) is 17.1 Å². The van der Waals surface area contributed by atoms with Crippen LogP contribution in [0.25, 0.3) is 5.70 Å². The van der Waals surface area contributed by atoms with Gasteiger partial charge in [0.15, 0.2) is 0 Å². The van der Waals surface area contributed by atoms with Crippen molar-refractivity contribution in [3.8, 4) is 0 Å². The number of aromatic nitrogens is 1. The fraction of sp³-hybridized carbons (Fsp3) is 0.500. The maximum absolute atomic E-state index is 13.3. The molecule has 2 fully saturated rings. The van der Waals surface area contributed by atoms with Crippen LogP contribution in [0.5, 0.6) is 0 Å². The first-order chi connectivity index (χ1) is 11.0. The van der Waals surface area contributed by atoms with Gasteiger partial charge in [0.2, 0.25) is 0 Å². The van der Waals surface area contributed by atoms with Crippen molar-refractivity contribution in [2.45, 2.75) is 12.1 Å². The molecule has 0 spiro atoms. The summed E-state index contributed by atoms with van der Waals surface area (Å²) in [6.45, 7) is 0.803. The van der Waals surface area contributed by atoms with Gasteiger partial charge in [-0.1, -0.05) is 0 Å². The number of pyridine rings is 1. The van der Waals surface area contributed by atoms with E-state index >= 15 is 0 Å². The topological polar surface area (TPSA) is 43.8 Å². The van der Waals surface area contributed by atoms with Gasteiger partial charge in [-0.25, -0.2) is 13.8 Å². The van der Waals surface area contributed by atoms with Gasteiger partial charge in [-0.15, -0.1) is 0 Å². The van der Waals surface area contributed by atoms with Crippen molar-refractivity contribution in [3.05, 3.63) is 30.1 Å². The number of fused-ring (bicyclic) bond motifs is 1. The Kier molecular flexibility index (Phi) is 3.16. The molecule has 3 unspecified atom stereocenters. The third-order valence-corrected chi connectivity index (χ3v) is 5.08. The summed E-state index contributed by atoms with van der Waals surface area (Å²) in [5, 5.41) is 3.16. The summed E-state index contributed by atoms with van der Waals surface area (Å²) in [4.78, 5) is 12.7. The van der Waals surface area contributed by atoms with E-state index < -0.39 is 17.8 Å². The van der Waals surface area contributed by atoms with Gasteiger partial charge in [0.1, 0.15) is 12.0 Å². The molecule has 3 atom stereocenters. The molecule has 1 saturated heterocycles. The molecule has 2 aliphatic heterocycles. The third kappa shape index (κ3) is 2.22. The maximum Gasteiger partial charge on any atom is 0.258 e. The zero-order chi connectivity index (χ0) is 16.2. The number of anilines is 1. The molecule has 23 heavy (non-hydrogen) atoms. The zero-order valence-corrected chi connectivity index (χ0v) is 13.1. The largest absolute Gasteiger partial charge is 0.356 e. The number of halogens is 2. The summed E-state index contributed by atoms with van der Waals surface area (Å²) in [7, 11) is 3.87. The smallest absolute Gasteiger partial charge is 0.258 e. The van der Waals surface area contributed by atoms with Crippen LogP contribution in [0.15, 0.2) is 29.5 Å². The molecule has 3 aliphatic rings. The highest BCUT2D eigenvalue weighted by atomic mass is 19.3. The molecule has 122 valence electrons. The summed E-state index contributed by atoms with van der Waals surface area (Å²) < 4.78 is 26.5. The van der Waals surface area contributed by atoms with E-state index in [4.69, 9.17) is 0 Å².